The lowest BCUT2D eigenvalue weighted by molar-refractivity contribution is 0.0945. The molecular weight excluding hydrogens is 412 g/mol. The Kier molecular flexibility index (Phi) is 7.56. The molecule has 0 spiro atoms. The molecule has 0 saturated carbocycles. The minimum atomic E-state index is -0.386. The number of carbonyl (C=O) groups excluding carboxylic acids is 1. The largest absolute Gasteiger partial charge is 0.403 e. The molecule has 0 saturated heterocycles. The van der Waals surface area contributed by atoms with Crippen molar-refractivity contribution in [3.63, 3.8) is 0 Å². The van der Waals surface area contributed by atoms with Gasteiger partial charge in [0.15, 0.2) is 0 Å². The second-order valence-electron chi connectivity index (χ2n) is 8.16. The van der Waals surface area contributed by atoms with Crippen molar-refractivity contribution in [2.45, 2.75) is 39.7 Å². The van der Waals surface area contributed by atoms with E-state index in [1.54, 1.807) is 17.0 Å². The Morgan fingerprint density at radius 2 is 1.88 bits per heavy atom. The highest BCUT2D eigenvalue weighted by Gasteiger charge is 2.17. The smallest absolute Gasteiger partial charge is 0.251 e. The van der Waals surface area contributed by atoms with Crippen molar-refractivity contribution in [3.05, 3.63) is 90.0 Å². The van der Waals surface area contributed by atoms with E-state index in [9.17, 15) is 4.79 Å². The van der Waals surface area contributed by atoms with Crippen LogP contribution in [0.25, 0.3) is 16.8 Å². The number of rotatable bonds is 8. The van der Waals surface area contributed by atoms with Crippen LogP contribution in [0.15, 0.2) is 78.2 Å². The molecule has 0 bridgehead atoms. The number of nitrogens with zero attached hydrogens (tertiary/aromatic N) is 4. The average Bonchev–Trinajstić information content (AvgIpc) is 3.30. The van der Waals surface area contributed by atoms with Crippen LogP contribution in [-0.4, -0.2) is 33.2 Å². The molecule has 3 rings (SSSR count). The molecule has 0 radical (unpaired) electrons. The lowest BCUT2D eigenvalue weighted by Crippen LogP contribution is -2.34. The second kappa shape index (κ2) is 10.5. The van der Waals surface area contributed by atoms with Gasteiger partial charge in [-0.05, 0) is 49.1 Å². The average molecular weight is 443 g/mol. The zero-order valence-electron chi connectivity index (χ0n) is 19.5. The molecule has 3 aromatic rings. The highest BCUT2D eigenvalue weighted by atomic mass is 16.1. The number of allylic oxidation sites excluding steroid dienone is 1. The minimum absolute atomic E-state index is 0.223. The van der Waals surface area contributed by atoms with Crippen LogP contribution in [0.1, 0.15) is 48.3 Å². The van der Waals surface area contributed by atoms with E-state index in [0.717, 1.165) is 22.5 Å². The van der Waals surface area contributed by atoms with Crippen LogP contribution in [0, 0.1) is 6.92 Å². The van der Waals surface area contributed by atoms with Crippen molar-refractivity contribution in [3.8, 4) is 16.8 Å². The van der Waals surface area contributed by atoms with Gasteiger partial charge in [0, 0.05) is 18.0 Å². The Morgan fingerprint density at radius 1 is 1.15 bits per heavy atom. The first-order chi connectivity index (χ1) is 15.8. The van der Waals surface area contributed by atoms with Crippen molar-refractivity contribution in [2.24, 2.45) is 10.7 Å². The first-order valence-electron chi connectivity index (χ1n) is 10.8. The number of carbonyl (C=O) groups is 1. The number of hydrogen-bond acceptors (Lipinski definition) is 5. The summed E-state index contributed by atoms with van der Waals surface area (Å²) in [6.07, 6.45) is 6.22. The predicted molar refractivity (Wildman–Crippen MR) is 134 cm³/mol. The van der Waals surface area contributed by atoms with Gasteiger partial charge in [0.05, 0.1) is 29.3 Å². The summed E-state index contributed by atoms with van der Waals surface area (Å²) in [7, 11) is 0. The van der Waals surface area contributed by atoms with Gasteiger partial charge in [-0.1, -0.05) is 61.5 Å². The third-order valence-electron chi connectivity index (χ3n) is 5.27. The van der Waals surface area contributed by atoms with Crippen molar-refractivity contribution in [1.82, 2.24) is 20.3 Å². The number of amides is 1. The van der Waals surface area contributed by atoms with E-state index in [1.165, 1.54) is 18.0 Å². The van der Waals surface area contributed by atoms with Crippen LogP contribution in [0.5, 0.6) is 0 Å². The van der Waals surface area contributed by atoms with E-state index < -0.39 is 0 Å². The van der Waals surface area contributed by atoms with Crippen molar-refractivity contribution < 1.29 is 4.79 Å². The lowest BCUT2D eigenvalue weighted by Gasteiger charge is -2.16. The van der Waals surface area contributed by atoms with Crippen LogP contribution >= 0.6 is 0 Å². The van der Waals surface area contributed by atoms with Gasteiger partial charge in [0.25, 0.3) is 5.91 Å². The topological polar surface area (TPSA) is 98.2 Å². The Balaban J connectivity index is 2.04. The van der Waals surface area contributed by atoms with Gasteiger partial charge in [-0.3, -0.25) is 9.79 Å². The Bertz CT molecular complexity index is 1190. The second-order valence-corrected chi connectivity index (χ2v) is 8.16. The van der Waals surface area contributed by atoms with Crippen LogP contribution in [-0.2, 0) is 0 Å². The molecule has 1 atom stereocenters. The highest BCUT2D eigenvalue weighted by Crippen LogP contribution is 2.26. The van der Waals surface area contributed by atoms with Crippen LogP contribution < -0.4 is 11.1 Å². The van der Waals surface area contributed by atoms with Crippen molar-refractivity contribution in [1.29, 1.82) is 0 Å². The molecule has 0 aliphatic carbocycles. The number of aliphatic imine (C=N–C) groups is 1. The number of aryl methyl sites for hydroxylation is 1. The standard InChI is InChI=1S/C26H30N6O/c1-6-11-28-24(15-27)19(5)30-26(33)22-12-21(20-9-7-18(4)8-10-20)13-23(14-22)32-25(17(2)3)16-29-31-32/h6-17,19H,1,27H2,2-5H3,(H,30,33)/b24-15-,28-11-. The summed E-state index contributed by atoms with van der Waals surface area (Å²) >= 11 is 0. The molecule has 2 aromatic carbocycles. The summed E-state index contributed by atoms with van der Waals surface area (Å²) in [5.74, 6) is -0.0163. The van der Waals surface area contributed by atoms with Gasteiger partial charge in [-0.2, -0.15) is 0 Å². The Morgan fingerprint density at radius 3 is 2.52 bits per heavy atom. The molecule has 0 aliphatic rings. The minimum Gasteiger partial charge on any atom is -0.403 e. The maximum atomic E-state index is 13.2. The first-order valence-corrected chi connectivity index (χ1v) is 10.8. The van der Waals surface area contributed by atoms with Gasteiger partial charge >= 0.3 is 0 Å². The third kappa shape index (κ3) is 5.63. The van der Waals surface area contributed by atoms with Gasteiger partial charge in [0.1, 0.15) is 0 Å². The predicted octanol–water partition coefficient (Wildman–Crippen LogP) is 4.54. The molecule has 7 nitrogen and oxygen atoms in total. The Labute approximate surface area is 194 Å². The van der Waals surface area contributed by atoms with Crippen LogP contribution in [0.4, 0.5) is 0 Å². The number of nitrogens with one attached hydrogen (secondary N) is 1. The normalized spacial score (nSPS) is 12.8. The number of nitrogens with two attached hydrogens (primary N) is 1. The molecule has 1 heterocycles. The maximum absolute atomic E-state index is 13.2. The molecular formula is C26H30N6O. The maximum Gasteiger partial charge on any atom is 0.251 e. The third-order valence-corrected chi connectivity index (χ3v) is 5.27. The molecule has 33 heavy (non-hydrogen) atoms. The summed E-state index contributed by atoms with van der Waals surface area (Å²) in [6.45, 7) is 11.7. The molecule has 170 valence electrons. The summed E-state index contributed by atoms with van der Waals surface area (Å²) in [5.41, 5.74) is 11.6. The summed E-state index contributed by atoms with van der Waals surface area (Å²) in [5, 5.41) is 11.3. The molecule has 0 fully saturated rings. The fourth-order valence-electron chi connectivity index (χ4n) is 3.41. The van der Waals surface area contributed by atoms with Gasteiger partial charge in [-0.25, -0.2) is 4.68 Å². The molecule has 1 amide bonds. The Hall–Kier alpha value is -4.00. The monoisotopic (exact) mass is 442 g/mol. The van der Waals surface area contributed by atoms with E-state index in [4.69, 9.17) is 5.73 Å². The number of benzene rings is 2. The number of aromatic nitrogens is 3. The molecule has 7 heteroatoms. The summed E-state index contributed by atoms with van der Waals surface area (Å²) in [4.78, 5) is 17.5. The van der Waals surface area contributed by atoms with E-state index in [2.05, 4.69) is 53.2 Å². The number of hydrogen-bond donors (Lipinski definition) is 2. The van der Waals surface area contributed by atoms with E-state index in [1.807, 2.05) is 44.2 Å². The van der Waals surface area contributed by atoms with E-state index in [-0.39, 0.29) is 17.9 Å². The van der Waals surface area contributed by atoms with E-state index in [0.29, 0.717) is 11.3 Å². The SMILES string of the molecule is C=C/C=N\C(=C/N)C(C)NC(=O)c1cc(-c2ccc(C)cc2)cc(-n2nncc2C(C)C)c1. The zero-order chi connectivity index (χ0) is 24.0. The molecule has 1 aromatic heterocycles. The molecule has 3 N–H and O–H groups in total. The lowest BCUT2D eigenvalue weighted by atomic mass is 10.00. The fraction of sp³-hybridized carbons (Fsp3) is 0.231. The van der Waals surface area contributed by atoms with Crippen LogP contribution in [0.2, 0.25) is 0 Å². The van der Waals surface area contributed by atoms with E-state index >= 15 is 0 Å². The van der Waals surface area contributed by atoms with Gasteiger partial charge < -0.3 is 11.1 Å². The van der Waals surface area contributed by atoms with Gasteiger partial charge in [0.2, 0.25) is 0 Å². The molecule has 1 unspecified atom stereocenters. The van der Waals surface area contributed by atoms with Crippen LogP contribution in [0.3, 0.4) is 0 Å². The zero-order valence-corrected chi connectivity index (χ0v) is 19.5. The fourth-order valence-corrected chi connectivity index (χ4v) is 3.41. The summed E-state index contributed by atoms with van der Waals surface area (Å²) < 4.78 is 1.78. The quantitative estimate of drug-likeness (QED) is 0.500. The van der Waals surface area contributed by atoms with Crippen molar-refractivity contribution >= 4 is 12.1 Å². The first kappa shape index (κ1) is 23.7. The van der Waals surface area contributed by atoms with Crippen molar-refractivity contribution in [2.75, 3.05) is 0 Å². The summed E-state index contributed by atoms with van der Waals surface area (Å²) in [6, 6.07) is 13.5. The highest BCUT2D eigenvalue weighted by molar-refractivity contribution is 5.96. The van der Waals surface area contributed by atoms with Gasteiger partial charge in [-0.15, -0.1) is 5.10 Å². The molecule has 0 aliphatic heterocycles.